The van der Waals surface area contributed by atoms with Crippen molar-refractivity contribution >= 4 is 64.0 Å². The van der Waals surface area contributed by atoms with E-state index in [2.05, 4.69) is 5.43 Å². The highest BCUT2D eigenvalue weighted by molar-refractivity contribution is 6.36. The van der Waals surface area contributed by atoms with E-state index in [4.69, 9.17) is 37.4 Å². The van der Waals surface area contributed by atoms with Gasteiger partial charge in [-0.2, -0.15) is 5.01 Å². The van der Waals surface area contributed by atoms with Gasteiger partial charge in [-0.25, -0.2) is 0 Å². The van der Waals surface area contributed by atoms with E-state index in [1.807, 2.05) is 12.1 Å². The van der Waals surface area contributed by atoms with E-state index in [-0.39, 0.29) is 46.6 Å². The number of methoxy groups -OCH3 is 3. The largest absolute Gasteiger partial charge is 0.508 e. The number of hydrogen-bond donors (Lipinski definition) is 2. The summed E-state index contributed by atoms with van der Waals surface area (Å²) in [5, 5.41) is 12.3. The Morgan fingerprint density at radius 1 is 0.758 bits per heavy atom. The molecule has 12 nitrogen and oxygen atoms in total. The summed E-state index contributed by atoms with van der Waals surface area (Å²) in [6.07, 6.45) is 2.06. The fraction of sp³-hybridized carbons (Fsp3) is 0.229. The average molecular weight is 873 g/mol. The van der Waals surface area contributed by atoms with Crippen LogP contribution in [-0.4, -0.2) is 60.9 Å². The number of nitrogens with one attached hydrogen (secondary N) is 1. The number of hydrazine groups is 1. The number of nitrogens with zero attached hydrogens (tertiary/aromatic N) is 2. The number of halogens is 2. The molecule has 6 atom stereocenters. The Morgan fingerprint density at radius 2 is 1.42 bits per heavy atom. The Kier molecular flexibility index (Phi) is 10.3. The van der Waals surface area contributed by atoms with Crippen molar-refractivity contribution in [3.63, 3.8) is 0 Å². The molecule has 5 aromatic carbocycles. The van der Waals surface area contributed by atoms with Crippen LogP contribution in [-0.2, 0) is 24.6 Å². The second-order valence-corrected chi connectivity index (χ2v) is 16.6. The highest BCUT2D eigenvalue weighted by Gasteiger charge is 2.71. The molecule has 2 N–H and O–H groups in total. The molecule has 62 heavy (non-hydrogen) atoms. The van der Waals surface area contributed by atoms with E-state index >= 15 is 9.59 Å². The van der Waals surface area contributed by atoms with Gasteiger partial charge in [-0.15, -0.1) is 0 Å². The van der Waals surface area contributed by atoms with Gasteiger partial charge in [0.15, 0.2) is 5.78 Å². The first-order valence-electron chi connectivity index (χ1n) is 19.9. The molecule has 0 bridgehead atoms. The minimum absolute atomic E-state index is 0.00667. The number of hydrogen-bond acceptors (Lipinski definition) is 10. The Bertz CT molecular complexity index is 2680. The van der Waals surface area contributed by atoms with Crippen LogP contribution in [0.5, 0.6) is 23.0 Å². The summed E-state index contributed by atoms with van der Waals surface area (Å²) in [6.45, 7) is 0. The maximum Gasteiger partial charge on any atom is 0.260 e. The molecular weight excluding hydrogens is 833 g/mol. The summed E-state index contributed by atoms with van der Waals surface area (Å²) in [4.78, 5) is 74.6. The zero-order valence-electron chi connectivity index (χ0n) is 33.6. The summed E-state index contributed by atoms with van der Waals surface area (Å²) >= 11 is 12.8. The van der Waals surface area contributed by atoms with Gasteiger partial charge in [0, 0.05) is 39.8 Å². The van der Waals surface area contributed by atoms with E-state index in [0.717, 1.165) is 5.01 Å². The Labute approximate surface area is 366 Å². The normalized spacial score (nSPS) is 24.0. The van der Waals surface area contributed by atoms with Crippen LogP contribution in [0.2, 0.25) is 10.0 Å². The van der Waals surface area contributed by atoms with Gasteiger partial charge in [0.25, 0.3) is 11.8 Å². The Hall–Kier alpha value is -6.63. The number of phenols is 1. The molecule has 2 aliphatic carbocycles. The highest BCUT2D eigenvalue weighted by Crippen LogP contribution is 2.66. The number of benzene rings is 5. The lowest BCUT2D eigenvalue weighted by Gasteiger charge is -2.51. The molecule has 4 amide bonds. The minimum Gasteiger partial charge on any atom is -0.508 e. The third-order valence-electron chi connectivity index (χ3n) is 12.8. The number of carbonyl (C=O) groups excluding carboxylic acids is 5. The smallest absolute Gasteiger partial charge is 0.260 e. The molecule has 314 valence electrons. The molecule has 5 aromatic rings. The van der Waals surface area contributed by atoms with Gasteiger partial charge in [0.05, 0.1) is 60.9 Å². The molecule has 0 unspecified atom stereocenters. The molecule has 14 heteroatoms. The van der Waals surface area contributed by atoms with Gasteiger partial charge in [-0.05, 0) is 78.9 Å². The topological polar surface area (TPSA) is 152 Å². The van der Waals surface area contributed by atoms with Crippen molar-refractivity contribution in [1.29, 1.82) is 0 Å². The van der Waals surface area contributed by atoms with E-state index in [9.17, 15) is 19.5 Å². The van der Waals surface area contributed by atoms with Gasteiger partial charge in [0.1, 0.15) is 23.0 Å². The standard InChI is InChI=1S/C48H39Cl2N3O9/c1-60-31-16-11-27(12-17-31)48-35(45(57)53(47(48)59)51-37-20-13-28(49)21-36(37)50)24-34-32(42(48)41-38(61-2)22-30(54)23-39(41)62-3)18-19-33-40(34)46(58)52(44(33)56)29-14-9-26(10-15-29)43(55)25-7-5-4-6-8-25/h4-18,20-23,33-35,40,42,51,54H,19,24H2,1-3H3/t33-,34+,35-,40-,42+,48+/m0/s1. The molecule has 0 radical (unpaired) electrons. The third kappa shape index (κ3) is 6.22. The predicted molar refractivity (Wildman–Crippen MR) is 231 cm³/mol. The number of allylic oxidation sites excluding steroid dienone is 2. The Balaban J connectivity index is 1.21. The summed E-state index contributed by atoms with van der Waals surface area (Å²) in [5.74, 6) is -6.19. The number of fused-ring (bicyclic) bond motifs is 4. The number of rotatable bonds is 10. The van der Waals surface area contributed by atoms with Crippen LogP contribution in [0.4, 0.5) is 11.4 Å². The van der Waals surface area contributed by atoms with Crippen molar-refractivity contribution in [2.24, 2.45) is 23.7 Å². The van der Waals surface area contributed by atoms with Crippen molar-refractivity contribution in [2.45, 2.75) is 24.2 Å². The lowest BCUT2D eigenvalue weighted by atomic mass is 9.49. The van der Waals surface area contributed by atoms with Crippen LogP contribution in [0.25, 0.3) is 0 Å². The fourth-order valence-corrected chi connectivity index (χ4v) is 10.6. The third-order valence-corrected chi connectivity index (χ3v) is 13.4. The van der Waals surface area contributed by atoms with Crippen LogP contribution in [0.1, 0.15) is 45.8 Å². The highest BCUT2D eigenvalue weighted by atomic mass is 35.5. The van der Waals surface area contributed by atoms with E-state index in [0.29, 0.717) is 44.3 Å². The SMILES string of the molecule is COc1ccc([C@@]23C(=O)N(Nc4ccc(Cl)cc4Cl)C(=O)[C@@H]2C[C@@H]2C(=CC[C@@H]4C(=O)N(c5ccc(C(=O)c6ccccc6)cc5)C(=O)[C@@H]42)[C@@H]3c2c(OC)cc(O)cc2OC)cc1. The van der Waals surface area contributed by atoms with Gasteiger partial charge < -0.3 is 19.3 Å². The fourth-order valence-electron chi connectivity index (χ4n) is 10.1. The molecule has 0 aromatic heterocycles. The molecule has 2 aliphatic heterocycles. The number of aromatic hydroxyl groups is 1. The second kappa shape index (κ2) is 15.7. The van der Waals surface area contributed by atoms with Crippen molar-refractivity contribution in [2.75, 3.05) is 31.7 Å². The first-order chi connectivity index (χ1) is 29.9. The van der Waals surface area contributed by atoms with Crippen molar-refractivity contribution in [1.82, 2.24) is 5.01 Å². The summed E-state index contributed by atoms with van der Waals surface area (Å²) in [7, 11) is 4.37. The number of ketones is 1. The minimum atomic E-state index is -1.71. The second-order valence-electron chi connectivity index (χ2n) is 15.7. The lowest BCUT2D eigenvalue weighted by molar-refractivity contribution is -0.138. The number of imide groups is 2. The maximum absolute atomic E-state index is 15.7. The van der Waals surface area contributed by atoms with Crippen LogP contribution in [0.3, 0.4) is 0 Å². The first kappa shape index (κ1) is 40.8. The number of carbonyl (C=O) groups is 5. The van der Waals surface area contributed by atoms with Crippen LogP contribution in [0.15, 0.2) is 121 Å². The van der Waals surface area contributed by atoms with Crippen LogP contribution >= 0.6 is 23.2 Å². The molecule has 4 aliphatic rings. The summed E-state index contributed by atoms with van der Waals surface area (Å²) in [6, 6.07) is 29.5. The molecule has 3 fully saturated rings. The number of anilines is 2. The molecule has 2 heterocycles. The van der Waals surface area contributed by atoms with E-state index in [1.54, 1.807) is 84.9 Å². The molecule has 1 saturated carbocycles. The van der Waals surface area contributed by atoms with E-state index in [1.165, 1.54) is 44.4 Å². The monoisotopic (exact) mass is 871 g/mol. The van der Waals surface area contributed by atoms with Crippen molar-refractivity contribution < 1.29 is 43.3 Å². The van der Waals surface area contributed by atoms with Gasteiger partial charge in [-0.1, -0.05) is 77.3 Å². The molecule has 2 saturated heterocycles. The average Bonchev–Trinajstić information content (AvgIpc) is 3.67. The quantitative estimate of drug-likeness (QED) is 0.0800. The van der Waals surface area contributed by atoms with Crippen molar-refractivity contribution in [3.05, 3.63) is 153 Å². The van der Waals surface area contributed by atoms with E-state index < -0.39 is 58.6 Å². The summed E-state index contributed by atoms with van der Waals surface area (Å²) < 4.78 is 17.4. The first-order valence-corrected chi connectivity index (χ1v) is 20.7. The zero-order chi connectivity index (χ0) is 43.6. The summed E-state index contributed by atoms with van der Waals surface area (Å²) in [5.41, 5.74) is 4.20. The lowest BCUT2D eigenvalue weighted by Crippen LogP contribution is -2.53. The molecule has 0 spiro atoms. The maximum atomic E-state index is 15.7. The van der Waals surface area contributed by atoms with Gasteiger partial charge in [-0.3, -0.25) is 34.3 Å². The van der Waals surface area contributed by atoms with Gasteiger partial charge >= 0.3 is 0 Å². The number of ether oxygens (including phenoxy) is 3. The zero-order valence-corrected chi connectivity index (χ0v) is 35.1. The van der Waals surface area contributed by atoms with Crippen LogP contribution < -0.4 is 24.5 Å². The Morgan fingerprint density at radius 3 is 2.05 bits per heavy atom. The number of phenolic OH excluding ortho intramolecular Hbond substituents is 1. The number of amides is 4. The predicted octanol–water partition coefficient (Wildman–Crippen LogP) is 8.15. The van der Waals surface area contributed by atoms with Crippen LogP contribution in [0, 0.1) is 23.7 Å². The van der Waals surface area contributed by atoms with Crippen molar-refractivity contribution in [3.8, 4) is 23.0 Å². The molecular formula is C48H39Cl2N3O9. The van der Waals surface area contributed by atoms with Gasteiger partial charge in [0.2, 0.25) is 11.8 Å². The molecule has 9 rings (SSSR count).